The van der Waals surface area contributed by atoms with Crippen LogP contribution in [0.5, 0.6) is 0 Å². The molecule has 3 nitrogen and oxygen atoms in total. The van der Waals surface area contributed by atoms with Crippen LogP contribution in [0.3, 0.4) is 0 Å². The fraction of sp³-hybridized carbons (Fsp3) is 0.273. The molecular weight excluding hydrogens is 286 g/mol. The smallest absolute Gasteiger partial charge is 0.141 e. The van der Waals surface area contributed by atoms with Crippen LogP contribution in [-0.2, 0) is 13.0 Å². The van der Waals surface area contributed by atoms with Gasteiger partial charge in [-0.3, -0.25) is 0 Å². The molecule has 0 atom stereocenters. The van der Waals surface area contributed by atoms with Crippen molar-refractivity contribution in [2.75, 3.05) is 6.54 Å². The third-order valence-electron chi connectivity index (χ3n) is 2.08. The summed E-state index contributed by atoms with van der Waals surface area (Å²) in [7, 11) is 0. The van der Waals surface area contributed by atoms with Crippen LogP contribution >= 0.6 is 27.3 Å². The highest BCUT2D eigenvalue weighted by atomic mass is 79.9. The van der Waals surface area contributed by atoms with E-state index >= 15 is 0 Å². The molecular formula is C11H12BrN3S. The SMILES string of the molecule is Brc1ccc(CCNCc2ncccn2)s1. The first-order valence-corrected chi connectivity index (χ1v) is 6.66. The van der Waals surface area contributed by atoms with Crippen molar-refractivity contribution in [3.8, 4) is 0 Å². The molecule has 2 aromatic heterocycles. The summed E-state index contributed by atoms with van der Waals surface area (Å²) in [6, 6.07) is 6.06. The van der Waals surface area contributed by atoms with E-state index in [2.05, 4.69) is 43.3 Å². The van der Waals surface area contributed by atoms with Gasteiger partial charge in [-0.25, -0.2) is 9.97 Å². The Morgan fingerprint density at radius 1 is 1.25 bits per heavy atom. The quantitative estimate of drug-likeness (QED) is 0.862. The number of nitrogens with zero attached hydrogens (tertiary/aromatic N) is 2. The highest BCUT2D eigenvalue weighted by Crippen LogP contribution is 2.21. The first-order valence-electron chi connectivity index (χ1n) is 5.05. The number of thiophene rings is 1. The van der Waals surface area contributed by atoms with Crippen molar-refractivity contribution in [3.63, 3.8) is 0 Å². The molecule has 0 saturated carbocycles. The maximum absolute atomic E-state index is 4.15. The van der Waals surface area contributed by atoms with Crippen molar-refractivity contribution in [2.45, 2.75) is 13.0 Å². The lowest BCUT2D eigenvalue weighted by molar-refractivity contribution is 0.662. The molecule has 2 rings (SSSR count). The highest BCUT2D eigenvalue weighted by Gasteiger charge is 1.98. The average Bonchev–Trinajstić information content (AvgIpc) is 2.72. The van der Waals surface area contributed by atoms with Gasteiger partial charge in [-0.15, -0.1) is 11.3 Å². The predicted molar refractivity (Wildman–Crippen MR) is 69.5 cm³/mol. The van der Waals surface area contributed by atoms with Crippen LogP contribution in [0.1, 0.15) is 10.7 Å². The number of halogens is 1. The van der Waals surface area contributed by atoms with Gasteiger partial charge in [0, 0.05) is 23.8 Å². The van der Waals surface area contributed by atoms with E-state index in [0.717, 1.165) is 25.3 Å². The number of aromatic nitrogens is 2. The van der Waals surface area contributed by atoms with Crippen molar-refractivity contribution in [1.29, 1.82) is 0 Å². The molecule has 0 fully saturated rings. The molecule has 0 radical (unpaired) electrons. The van der Waals surface area contributed by atoms with Crippen LogP contribution in [0.4, 0.5) is 0 Å². The van der Waals surface area contributed by atoms with Crippen molar-refractivity contribution < 1.29 is 0 Å². The van der Waals surface area contributed by atoms with Crippen LogP contribution in [-0.4, -0.2) is 16.5 Å². The molecule has 84 valence electrons. The fourth-order valence-corrected chi connectivity index (χ4v) is 2.80. The third kappa shape index (κ3) is 3.66. The molecule has 16 heavy (non-hydrogen) atoms. The molecule has 2 aromatic rings. The van der Waals surface area contributed by atoms with Crippen LogP contribution in [0.25, 0.3) is 0 Å². The van der Waals surface area contributed by atoms with Crippen molar-refractivity contribution >= 4 is 27.3 Å². The Bertz CT molecular complexity index is 430. The van der Waals surface area contributed by atoms with Gasteiger partial charge in [0.2, 0.25) is 0 Å². The molecule has 0 unspecified atom stereocenters. The number of nitrogens with one attached hydrogen (secondary N) is 1. The number of hydrogen-bond acceptors (Lipinski definition) is 4. The van der Waals surface area contributed by atoms with Crippen molar-refractivity contribution in [3.05, 3.63) is 45.1 Å². The van der Waals surface area contributed by atoms with E-state index in [1.807, 2.05) is 6.07 Å². The zero-order valence-electron chi connectivity index (χ0n) is 8.69. The van der Waals surface area contributed by atoms with Crippen molar-refractivity contribution in [2.24, 2.45) is 0 Å². The van der Waals surface area contributed by atoms with Gasteiger partial charge in [0.25, 0.3) is 0 Å². The van der Waals surface area contributed by atoms with E-state index < -0.39 is 0 Å². The zero-order chi connectivity index (χ0) is 11.2. The third-order valence-corrected chi connectivity index (χ3v) is 3.76. The lowest BCUT2D eigenvalue weighted by Gasteiger charge is -2.01. The molecule has 0 spiro atoms. The Morgan fingerprint density at radius 3 is 2.75 bits per heavy atom. The summed E-state index contributed by atoms with van der Waals surface area (Å²) >= 11 is 5.24. The van der Waals surface area contributed by atoms with E-state index in [0.29, 0.717) is 0 Å². The Labute approximate surface area is 107 Å². The van der Waals surface area contributed by atoms with Crippen LogP contribution in [0, 0.1) is 0 Å². The monoisotopic (exact) mass is 297 g/mol. The predicted octanol–water partition coefficient (Wildman–Crippen LogP) is 2.63. The lowest BCUT2D eigenvalue weighted by atomic mass is 10.3. The first-order chi connectivity index (χ1) is 7.84. The first kappa shape index (κ1) is 11.7. The van der Waals surface area contributed by atoms with Crippen molar-refractivity contribution in [1.82, 2.24) is 15.3 Å². The van der Waals surface area contributed by atoms with Gasteiger partial charge in [-0.1, -0.05) is 0 Å². The Morgan fingerprint density at radius 2 is 2.06 bits per heavy atom. The largest absolute Gasteiger partial charge is 0.309 e. The van der Waals surface area contributed by atoms with Gasteiger partial charge in [-0.05, 0) is 40.5 Å². The van der Waals surface area contributed by atoms with E-state index in [9.17, 15) is 0 Å². The molecule has 0 amide bonds. The van der Waals surface area contributed by atoms with E-state index in [4.69, 9.17) is 0 Å². The molecule has 0 aliphatic rings. The van der Waals surface area contributed by atoms with Gasteiger partial charge in [0.15, 0.2) is 0 Å². The van der Waals surface area contributed by atoms with Gasteiger partial charge in [-0.2, -0.15) is 0 Å². The van der Waals surface area contributed by atoms with Gasteiger partial charge in [0.1, 0.15) is 5.82 Å². The van der Waals surface area contributed by atoms with E-state index in [1.54, 1.807) is 23.7 Å². The van der Waals surface area contributed by atoms with Gasteiger partial charge < -0.3 is 5.32 Å². The second-order valence-electron chi connectivity index (χ2n) is 3.30. The van der Waals surface area contributed by atoms with Gasteiger partial charge >= 0.3 is 0 Å². The van der Waals surface area contributed by atoms with Crippen LogP contribution in [0.15, 0.2) is 34.4 Å². The lowest BCUT2D eigenvalue weighted by Crippen LogP contribution is -2.17. The molecule has 0 saturated heterocycles. The fourth-order valence-electron chi connectivity index (χ4n) is 1.32. The van der Waals surface area contributed by atoms with E-state index in [1.165, 1.54) is 8.66 Å². The minimum Gasteiger partial charge on any atom is -0.309 e. The Hall–Kier alpha value is -0.780. The maximum atomic E-state index is 4.15. The second kappa shape index (κ2) is 6.08. The normalized spacial score (nSPS) is 10.6. The minimum absolute atomic E-state index is 0.730. The molecule has 0 aliphatic carbocycles. The summed E-state index contributed by atoms with van der Waals surface area (Å²) in [5.74, 6) is 0.842. The Balaban J connectivity index is 1.69. The molecule has 0 aromatic carbocycles. The van der Waals surface area contributed by atoms with Crippen LogP contribution < -0.4 is 5.32 Å². The van der Waals surface area contributed by atoms with Gasteiger partial charge in [0.05, 0.1) is 10.3 Å². The molecule has 5 heteroatoms. The summed E-state index contributed by atoms with van der Waals surface area (Å²) in [4.78, 5) is 9.68. The highest BCUT2D eigenvalue weighted by molar-refractivity contribution is 9.11. The summed E-state index contributed by atoms with van der Waals surface area (Å²) in [5, 5.41) is 3.33. The molecule has 0 aliphatic heterocycles. The number of hydrogen-bond donors (Lipinski definition) is 1. The minimum atomic E-state index is 0.730. The molecule has 1 N–H and O–H groups in total. The summed E-state index contributed by atoms with van der Waals surface area (Å²) in [5.41, 5.74) is 0. The number of rotatable bonds is 5. The molecule has 2 heterocycles. The second-order valence-corrected chi connectivity index (χ2v) is 5.85. The maximum Gasteiger partial charge on any atom is 0.141 e. The molecule has 0 bridgehead atoms. The standard InChI is InChI=1S/C11H12BrN3S/c12-10-3-2-9(16-10)4-7-13-8-11-14-5-1-6-15-11/h1-3,5-6,13H,4,7-8H2. The zero-order valence-corrected chi connectivity index (χ0v) is 11.1. The summed E-state index contributed by atoms with van der Waals surface area (Å²) in [6.07, 6.45) is 4.57. The topological polar surface area (TPSA) is 37.8 Å². The van der Waals surface area contributed by atoms with E-state index in [-0.39, 0.29) is 0 Å². The summed E-state index contributed by atoms with van der Waals surface area (Å²) < 4.78 is 1.19. The van der Waals surface area contributed by atoms with Crippen LogP contribution in [0.2, 0.25) is 0 Å². The average molecular weight is 298 g/mol. The Kier molecular flexibility index (Phi) is 4.44. The summed E-state index contributed by atoms with van der Waals surface area (Å²) in [6.45, 7) is 1.68.